The molecule has 0 bridgehead atoms. The largest absolute Gasteiger partial charge is 0.465 e. The summed E-state index contributed by atoms with van der Waals surface area (Å²) in [5.74, 6) is -3.25. The van der Waals surface area contributed by atoms with Crippen molar-refractivity contribution < 1.29 is 52.4 Å². The third kappa shape index (κ3) is 10.6. The molecule has 1 amide bonds. The second-order valence-corrected chi connectivity index (χ2v) is 9.68. The summed E-state index contributed by atoms with van der Waals surface area (Å²) >= 11 is 0. The number of amides is 1. The summed E-state index contributed by atoms with van der Waals surface area (Å²) in [6.07, 6.45) is -4.00. The lowest BCUT2D eigenvalue weighted by atomic mass is 9.86. The maximum Gasteiger partial charge on any atom is 0.303 e. The first kappa shape index (κ1) is 31.7. The summed E-state index contributed by atoms with van der Waals surface area (Å²) in [6, 6.07) is 9.28. The van der Waals surface area contributed by atoms with Crippen LogP contribution in [0.2, 0.25) is 0 Å². The van der Waals surface area contributed by atoms with Crippen molar-refractivity contribution in [1.29, 1.82) is 0 Å². The molecule has 1 N–H and O–H groups in total. The summed E-state index contributed by atoms with van der Waals surface area (Å²) in [7, 11) is 0. The van der Waals surface area contributed by atoms with Crippen LogP contribution in [0, 0.1) is 11.8 Å². The Labute approximate surface area is 227 Å². The molecule has 5 atom stereocenters. The monoisotopic (exact) mass is 550 g/mol. The third-order valence-electron chi connectivity index (χ3n) is 5.56. The van der Waals surface area contributed by atoms with Crippen LogP contribution in [0.5, 0.6) is 0 Å². The fraction of sp³-hybridized carbons (Fsp3) is 0.556. The van der Waals surface area contributed by atoms with E-state index in [0.717, 1.165) is 12.5 Å². The fourth-order valence-corrected chi connectivity index (χ4v) is 3.81. The van der Waals surface area contributed by atoms with Crippen LogP contribution in [-0.4, -0.2) is 73.6 Å². The lowest BCUT2D eigenvalue weighted by molar-refractivity contribution is -0.236. The van der Waals surface area contributed by atoms with Gasteiger partial charge in [0.15, 0.2) is 18.5 Å². The number of benzene rings is 1. The Morgan fingerprint density at radius 3 is 2.13 bits per heavy atom. The van der Waals surface area contributed by atoms with E-state index in [1.54, 1.807) is 13.8 Å². The molecule has 0 saturated carbocycles. The minimum Gasteiger partial charge on any atom is -0.465 e. The molecule has 12 heteroatoms. The molecule has 0 aliphatic carbocycles. The van der Waals surface area contributed by atoms with Gasteiger partial charge in [0.2, 0.25) is 0 Å². The lowest BCUT2D eigenvalue weighted by Gasteiger charge is -2.40. The Bertz CT molecular complexity index is 1010. The second-order valence-electron chi connectivity index (χ2n) is 9.68. The van der Waals surface area contributed by atoms with E-state index in [9.17, 15) is 24.0 Å². The van der Waals surface area contributed by atoms with Crippen LogP contribution in [-0.2, 0) is 59.0 Å². The zero-order valence-corrected chi connectivity index (χ0v) is 23.0. The molecule has 1 saturated heterocycles. The smallest absolute Gasteiger partial charge is 0.303 e. The number of nitrogens with one attached hydrogen (secondary N) is 1. The second kappa shape index (κ2) is 14.6. The van der Waals surface area contributed by atoms with Crippen molar-refractivity contribution in [3.8, 4) is 0 Å². The highest BCUT2D eigenvalue weighted by Gasteiger charge is 2.45. The van der Waals surface area contributed by atoms with E-state index in [1.165, 1.54) is 27.2 Å². The number of hydrogen-bond donors (Lipinski definition) is 1. The van der Waals surface area contributed by atoms with Crippen LogP contribution >= 0.6 is 0 Å². The van der Waals surface area contributed by atoms with Gasteiger partial charge in [0.25, 0.3) is 5.91 Å². The van der Waals surface area contributed by atoms with Crippen LogP contribution in [0.15, 0.2) is 30.3 Å². The highest BCUT2D eigenvalue weighted by atomic mass is 16.7. The molecule has 1 aromatic carbocycles. The highest BCUT2D eigenvalue weighted by Crippen LogP contribution is 2.28. The van der Waals surface area contributed by atoms with Crippen LogP contribution < -0.4 is 5.32 Å². The molecule has 215 valence electrons. The van der Waals surface area contributed by atoms with E-state index < -0.39 is 65.9 Å². The van der Waals surface area contributed by atoms with Gasteiger partial charge in [-0.25, -0.2) is 0 Å². The van der Waals surface area contributed by atoms with E-state index in [4.69, 9.17) is 28.4 Å². The topological polar surface area (TPSA) is 153 Å². The van der Waals surface area contributed by atoms with Gasteiger partial charge in [-0.3, -0.25) is 24.0 Å². The van der Waals surface area contributed by atoms with Gasteiger partial charge in [0, 0.05) is 39.7 Å². The number of carbonyl (C=O) groups is 5. The van der Waals surface area contributed by atoms with Crippen molar-refractivity contribution in [1.82, 2.24) is 5.32 Å². The molecule has 2 rings (SSSR count). The van der Waals surface area contributed by atoms with Crippen molar-refractivity contribution in [3.63, 3.8) is 0 Å². The fourth-order valence-electron chi connectivity index (χ4n) is 3.81. The number of hydrogen-bond acceptors (Lipinski definition) is 11. The van der Waals surface area contributed by atoms with Gasteiger partial charge in [-0.2, -0.15) is 0 Å². The van der Waals surface area contributed by atoms with Gasteiger partial charge >= 0.3 is 23.9 Å². The highest BCUT2D eigenvalue weighted by molar-refractivity contribution is 5.84. The van der Waals surface area contributed by atoms with Crippen LogP contribution in [0.25, 0.3) is 0 Å². The summed E-state index contributed by atoms with van der Waals surface area (Å²) < 4.78 is 32.9. The zero-order chi connectivity index (χ0) is 29.2. The number of ether oxygens (including phenoxy) is 6. The average molecular weight is 551 g/mol. The Morgan fingerprint density at radius 2 is 1.56 bits per heavy atom. The van der Waals surface area contributed by atoms with E-state index in [0.29, 0.717) is 0 Å². The van der Waals surface area contributed by atoms with Crippen LogP contribution in [0.4, 0.5) is 0 Å². The Balaban J connectivity index is 2.22. The molecule has 1 fully saturated rings. The maximum absolute atomic E-state index is 13.2. The Kier molecular flexibility index (Phi) is 11.9. The van der Waals surface area contributed by atoms with Gasteiger partial charge in [-0.15, -0.1) is 0 Å². The molecule has 1 aliphatic heterocycles. The van der Waals surface area contributed by atoms with Gasteiger partial charge in [0.05, 0.1) is 13.0 Å². The first-order chi connectivity index (χ1) is 18.3. The minimum absolute atomic E-state index is 0.172. The van der Waals surface area contributed by atoms with Gasteiger partial charge in [0.1, 0.15) is 18.8 Å². The number of carbonyl (C=O) groups excluding carboxylic acids is 5. The molecule has 12 nitrogen and oxygen atoms in total. The summed E-state index contributed by atoms with van der Waals surface area (Å²) in [5, 5.41) is 2.64. The van der Waals surface area contributed by atoms with Crippen molar-refractivity contribution in [2.75, 3.05) is 13.2 Å². The molecule has 1 aliphatic rings. The molecular formula is C27H36NO11. The Hall–Kier alpha value is -3.51. The number of esters is 4. The minimum atomic E-state index is -1.33. The zero-order valence-electron chi connectivity index (χ0n) is 23.0. The maximum atomic E-state index is 13.2. The molecule has 0 unspecified atom stereocenters. The summed E-state index contributed by atoms with van der Waals surface area (Å²) in [5.41, 5.74) is -0.218. The predicted molar refractivity (Wildman–Crippen MR) is 134 cm³/mol. The molecule has 0 aromatic heterocycles. The van der Waals surface area contributed by atoms with Crippen LogP contribution in [0.1, 0.15) is 47.1 Å². The quantitative estimate of drug-likeness (QED) is 0.298. The van der Waals surface area contributed by atoms with Gasteiger partial charge in [-0.1, -0.05) is 44.2 Å². The Morgan fingerprint density at radius 1 is 0.923 bits per heavy atom. The van der Waals surface area contributed by atoms with E-state index in [1.807, 2.05) is 30.3 Å². The van der Waals surface area contributed by atoms with Crippen molar-refractivity contribution in [3.05, 3.63) is 42.3 Å². The first-order valence-corrected chi connectivity index (χ1v) is 12.4. The van der Waals surface area contributed by atoms with Crippen molar-refractivity contribution in [2.45, 2.75) is 78.9 Å². The average Bonchev–Trinajstić information content (AvgIpc) is 2.85. The third-order valence-corrected chi connectivity index (χ3v) is 5.56. The molecule has 39 heavy (non-hydrogen) atoms. The van der Waals surface area contributed by atoms with Crippen molar-refractivity contribution in [2.24, 2.45) is 5.41 Å². The summed E-state index contributed by atoms with van der Waals surface area (Å²) in [6.45, 7) is 7.72. The predicted octanol–water partition coefficient (Wildman–Crippen LogP) is 1.63. The molecule has 1 radical (unpaired) electrons. The van der Waals surface area contributed by atoms with Crippen molar-refractivity contribution >= 4 is 29.8 Å². The van der Waals surface area contributed by atoms with E-state index >= 15 is 0 Å². The normalized spacial score (nSPS) is 21.7. The summed E-state index contributed by atoms with van der Waals surface area (Å²) in [4.78, 5) is 59.9. The van der Waals surface area contributed by atoms with E-state index in [-0.39, 0.29) is 19.8 Å². The molecule has 1 heterocycles. The lowest BCUT2D eigenvalue weighted by Crippen LogP contribution is -2.57. The van der Waals surface area contributed by atoms with Gasteiger partial charge < -0.3 is 33.7 Å². The first-order valence-electron chi connectivity index (χ1n) is 12.4. The molecule has 1 aromatic rings. The van der Waals surface area contributed by atoms with E-state index in [2.05, 4.69) is 5.32 Å². The number of rotatable bonds is 12. The van der Waals surface area contributed by atoms with Gasteiger partial charge in [-0.05, 0) is 5.56 Å². The molecule has 0 spiro atoms. The SMILES string of the molecule is CC(=O)OCC(C)(C)[C@@H](OC(C)=O)C(=O)NC[C@H]1O[C@H](OCc2ccccc2)[CH][C@@H](OC(C)=O)[C@@H]1OC(C)=O. The standard InChI is InChI=1S/C27H36NO11/c1-16(29)35-15-27(5,6)25(38-19(4)32)26(33)28-13-22-24(37-18(3)31)21(36-17(2)30)12-23(39-22)34-14-20-10-8-7-9-11-20/h7-12,21-25H,13-15H2,1-6H3,(H,28,33)/t21-,22-,23+,24+,25+/m1/s1. The van der Waals surface area contributed by atoms with Crippen LogP contribution in [0.3, 0.4) is 0 Å². The molecular weight excluding hydrogens is 514 g/mol.